The van der Waals surface area contributed by atoms with Gasteiger partial charge in [0.2, 0.25) is 11.6 Å². The smallest absolute Gasteiger partial charge is 0.297 e. The molecule has 7 nitrogen and oxygen atoms in total. The average molecular weight is 313 g/mol. The van der Waals surface area contributed by atoms with E-state index in [2.05, 4.69) is 10.2 Å². The number of aromatic nitrogens is 4. The van der Waals surface area contributed by atoms with Crippen molar-refractivity contribution < 1.29 is 4.79 Å². The number of fused-ring (bicyclic) bond motifs is 3. The summed E-state index contributed by atoms with van der Waals surface area (Å²) in [6.45, 7) is 6.89. The third-order valence-electron chi connectivity index (χ3n) is 4.08. The molecule has 1 amide bonds. The number of para-hydroxylation sites is 2. The Labute approximate surface area is 133 Å². The van der Waals surface area contributed by atoms with Crippen molar-refractivity contribution >= 4 is 22.6 Å². The van der Waals surface area contributed by atoms with E-state index in [9.17, 15) is 9.59 Å². The second-order valence-corrected chi connectivity index (χ2v) is 5.35. The van der Waals surface area contributed by atoms with Crippen LogP contribution in [0.4, 0.5) is 0 Å². The van der Waals surface area contributed by atoms with Crippen LogP contribution in [0.5, 0.6) is 0 Å². The first-order valence-corrected chi connectivity index (χ1v) is 7.69. The highest BCUT2D eigenvalue weighted by atomic mass is 16.2. The number of carbonyl (C=O) groups excluding carboxylic acids is 1. The number of aryl methyl sites for hydroxylation is 1. The Morgan fingerprint density at radius 3 is 2.43 bits per heavy atom. The predicted molar refractivity (Wildman–Crippen MR) is 87.4 cm³/mol. The van der Waals surface area contributed by atoms with Gasteiger partial charge in [-0.25, -0.2) is 0 Å². The molecule has 3 aromatic rings. The Hall–Kier alpha value is -2.70. The van der Waals surface area contributed by atoms with Gasteiger partial charge in [0, 0.05) is 13.1 Å². The van der Waals surface area contributed by atoms with Gasteiger partial charge in [-0.1, -0.05) is 12.1 Å². The van der Waals surface area contributed by atoms with Crippen LogP contribution >= 0.6 is 0 Å². The lowest BCUT2D eigenvalue weighted by atomic mass is 10.2. The Morgan fingerprint density at radius 1 is 1.13 bits per heavy atom. The fourth-order valence-electron chi connectivity index (χ4n) is 2.87. The normalized spacial score (nSPS) is 11.3. The quantitative estimate of drug-likeness (QED) is 0.726. The van der Waals surface area contributed by atoms with Crippen molar-refractivity contribution in [3.8, 4) is 0 Å². The molecule has 0 saturated heterocycles. The second-order valence-electron chi connectivity index (χ2n) is 5.35. The van der Waals surface area contributed by atoms with E-state index in [-0.39, 0.29) is 23.7 Å². The molecule has 7 heteroatoms. The van der Waals surface area contributed by atoms with Crippen molar-refractivity contribution in [2.45, 2.75) is 27.3 Å². The molecule has 2 heterocycles. The number of amides is 1. The zero-order valence-electron chi connectivity index (χ0n) is 13.5. The average Bonchev–Trinajstić information content (AvgIpc) is 2.95. The maximum absolute atomic E-state index is 12.8. The van der Waals surface area contributed by atoms with Gasteiger partial charge in [-0.15, -0.1) is 10.2 Å². The molecule has 23 heavy (non-hydrogen) atoms. The monoisotopic (exact) mass is 313 g/mol. The molecule has 1 aromatic carbocycles. The maximum Gasteiger partial charge on any atom is 0.297 e. The first-order valence-electron chi connectivity index (χ1n) is 7.69. The summed E-state index contributed by atoms with van der Waals surface area (Å²) in [6, 6.07) is 7.48. The molecule has 0 aliphatic rings. The largest absolute Gasteiger partial charge is 0.342 e. The highest BCUT2D eigenvalue weighted by molar-refractivity contribution is 5.82. The molecule has 0 saturated carbocycles. The minimum absolute atomic E-state index is 0.00341. The van der Waals surface area contributed by atoms with Gasteiger partial charge in [0.25, 0.3) is 5.56 Å². The van der Waals surface area contributed by atoms with Gasteiger partial charge in [0.1, 0.15) is 12.4 Å². The van der Waals surface area contributed by atoms with E-state index in [1.807, 2.05) is 38.1 Å². The molecule has 0 atom stereocenters. The van der Waals surface area contributed by atoms with Gasteiger partial charge in [-0.05, 0) is 32.9 Å². The standard InChI is InChI=1S/C16H19N5O2/c1-4-19(5-2)14(22)10-20-12-8-6-7-9-13(12)21-11(3)17-18-15(21)16(20)23/h6-9H,4-5,10H2,1-3H3. The summed E-state index contributed by atoms with van der Waals surface area (Å²) in [5, 5.41) is 7.97. The van der Waals surface area contributed by atoms with E-state index in [4.69, 9.17) is 0 Å². The van der Waals surface area contributed by atoms with E-state index in [0.717, 1.165) is 5.52 Å². The molecule has 0 spiro atoms. The number of carbonyl (C=O) groups is 1. The van der Waals surface area contributed by atoms with Crippen LogP contribution in [0.3, 0.4) is 0 Å². The summed E-state index contributed by atoms with van der Waals surface area (Å²) < 4.78 is 3.22. The van der Waals surface area contributed by atoms with Crippen LogP contribution in [0.2, 0.25) is 0 Å². The molecule has 2 aromatic heterocycles. The first kappa shape index (κ1) is 15.2. The Kier molecular flexibility index (Phi) is 3.85. The summed E-state index contributed by atoms with van der Waals surface area (Å²) in [5.41, 5.74) is 1.46. The van der Waals surface area contributed by atoms with Gasteiger partial charge in [0.15, 0.2) is 0 Å². The van der Waals surface area contributed by atoms with Crippen LogP contribution in [-0.4, -0.2) is 43.1 Å². The zero-order chi connectivity index (χ0) is 16.6. The lowest BCUT2D eigenvalue weighted by Crippen LogP contribution is -2.36. The van der Waals surface area contributed by atoms with Crippen molar-refractivity contribution in [3.05, 3.63) is 40.4 Å². The highest BCUT2D eigenvalue weighted by Crippen LogP contribution is 2.15. The fraction of sp³-hybridized carbons (Fsp3) is 0.375. The van der Waals surface area contributed by atoms with Gasteiger partial charge in [0.05, 0.1) is 11.0 Å². The third kappa shape index (κ3) is 2.38. The highest BCUT2D eigenvalue weighted by Gasteiger charge is 2.18. The molecule has 0 aliphatic heterocycles. The lowest BCUT2D eigenvalue weighted by Gasteiger charge is -2.20. The van der Waals surface area contributed by atoms with Crippen LogP contribution in [0.15, 0.2) is 29.1 Å². The van der Waals surface area contributed by atoms with E-state index in [1.54, 1.807) is 16.2 Å². The minimum atomic E-state index is -0.301. The van der Waals surface area contributed by atoms with E-state index >= 15 is 0 Å². The van der Waals surface area contributed by atoms with Gasteiger partial charge in [-0.3, -0.25) is 18.6 Å². The van der Waals surface area contributed by atoms with Crippen LogP contribution in [0.1, 0.15) is 19.7 Å². The van der Waals surface area contributed by atoms with Crippen molar-refractivity contribution in [1.29, 1.82) is 0 Å². The maximum atomic E-state index is 12.8. The Bertz CT molecular complexity index is 937. The van der Waals surface area contributed by atoms with E-state index < -0.39 is 0 Å². The number of hydrogen-bond acceptors (Lipinski definition) is 4. The topological polar surface area (TPSA) is 72.5 Å². The molecule has 3 rings (SSSR count). The SMILES string of the molecule is CCN(CC)C(=O)Cn1c(=O)c2nnc(C)n2c2ccccc21. The first-order chi connectivity index (χ1) is 11.1. The molecule has 0 fully saturated rings. The molecule has 0 unspecified atom stereocenters. The number of hydrogen-bond donors (Lipinski definition) is 0. The lowest BCUT2D eigenvalue weighted by molar-refractivity contribution is -0.131. The molecular weight excluding hydrogens is 294 g/mol. The van der Waals surface area contributed by atoms with Crippen LogP contribution < -0.4 is 5.56 Å². The van der Waals surface area contributed by atoms with Gasteiger partial charge in [-0.2, -0.15) is 0 Å². The molecule has 0 aliphatic carbocycles. The van der Waals surface area contributed by atoms with Crippen molar-refractivity contribution in [2.75, 3.05) is 13.1 Å². The molecule has 120 valence electrons. The van der Waals surface area contributed by atoms with Crippen LogP contribution in [0, 0.1) is 6.92 Å². The van der Waals surface area contributed by atoms with Crippen LogP contribution in [-0.2, 0) is 11.3 Å². The minimum Gasteiger partial charge on any atom is -0.342 e. The number of rotatable bonds is 4. The fourth-order valence-corrected chi connectivity index (χ4v) is 2.87. The summed E-state index contributed by atoms with van der Waals surface area (Å²) in [6.07, 6.45) is 0. The van der Waals surface area contributed by atoms with Crippen molar-refractivity contribution in [1.82, 2.24) is 24.1 Å². The van der Waals surface area contributed by atoms with Crippen molar-refractivity contribution in [3.63, 3.8) is 0 Å². The third-order valence-corrected chi connectivity index (χ3v) is 4.08. The molecule has 0 radical (unpaired) electrons. The van der Waals surface area contributed by atoms with Gasteiger partial charge < -0.3 is 4.90 Å². The number of likely N-dealkylation sites (N-methyl/N-ethyl adjacent to an activating group) is 1. The second kappa shape index (κ2) is 5.83. The Morgan fingerprint density at radius 2 is 1.78 bits per heavy atom. The summed E-state index contributed by atoms with van der Waals surface area (Å²) in [7, 11) is 0. The molecular formula is C16H19N5O2. The van der Waals surface area contributed by atoms with E-state index in [0.29, 0.717) is 24.4 Å². The Balaban J connectivity index is 2.25. The predicted octanol–water partition coefficient (Wildman–Crippen LogP) is 1.22. The van der Waals surface area contributed by atoms with Crippen LogP contribution in [0.25, 0.3) is 16.7 Å². The number of nitrogens with zero attached hydrogens (tertiary/aromatic N) is 5. The van der Waals surface area contributed by atoms with E-state index in [1.165, 1.54) is 4.57 Å². The number of benzene rings is 1. The summed E-state index contributed by atoms with van der Waals surface area (Å²) in [5.74, 6) is 0.568. The molecule has 0 N–H and O–H groups in total. The molecule has 0 bridgehead atoms. The summed E-state index contributed by atoms with van der Waals surface area (Å²) >= 11 is 0. The van der Waals surface area contributed by atoms with Gasteiger partial charge >= 0.3 is 0 Å². The van der Waals surface area contributed by atoms with Crippen molar-refractivity contribution in [2.24, 2.45) is 0 Å². The summed E-state index contributed by atoms with van der Waals surface area (Å²) in [4.78, 5) is 26.9. The zero-order valence-corrected chi connectivity index (χ0v) is 13.5.